The van der Waals surface area contributed by atoms with E-state index in [1.807, 2.05) is 0 Å². The molecule has 9 nitrogen and oxygen atoms in total. The Hall–Kier alpha value is -0.330. The maximum absolute atomic E-state index is 10.2. The Balaban J connectivity index is -0.0000000916. The van der Waals surface area contributed by atoms with Gasteiger partial charge in [-0.15, -0.1) is 0 Å². The van der Waals surface area contributed by atoms with E-state index in [4.69, 9.17) is 25.0 Å². The molecule has 0 bridgehead atoms. The normalized spacial score (nSPS) is 9.13. The van der Waals surface area contributed by atoms with Crippen LogP contribution in [0.4, 0.5) is 0 Å². The molecule has 0 radical (unpaired) electrons. The average Bonchev–Trinajstić information content (AvgIpc) is 2.61. The van der Waals surface area contributed by atoms with Crippen molar-refractivity contribution in [3.8, 4) is 0 Å². The molecule has 192 valence electrons. The third-order valence-electron chi connectivity index (χ3n) is 2.73. The topological polar surface area (TPSA) is 180 Å². The van der Waals surface area contributed by atoms with E-state index in [9.17, 15) is 8.42 Å². The van der Waals surface area contributed by atoms with Gasteiger partial charge < -0.3 is 26.6 Å². The fraction of sp³-hybridized carbons (Fsp3) is 1.00. The number of aliphatic hydroxyl groups is 4. The molecular weight excluding hydrogens is 414 g/mol. The number of aliphatic hydroxyl groups excluding tert-OH is 4. The fourth-order valence-corrected chi connectivity index (χ4v) is 2.08. The lowest BCUT2D eigenvalue weighted by Gasteiger charge is -2.02. The van der Waals surface area contributed by atoms with Crippen LogP contribution >= 0.6 is 0 Å². The molecule has 30 heavy (non-hydrogen) atoms. The van der Waals surface area contributed by atoms with E-state index in [-0.39, 0.29) is 39.2 Å². The molecule has 0 saturated heterocycles. The van der Waals surface area contributed by atoms with Crippen molar-refractivity contribution in [2.24, 2.45) is 0 Å². The van der Waals surface area contributed by atoms with E-state index in [0.717, 1.165) is 12.8 Å². The first-order chi connectivity index (χ1) is 13.7. The lowest BCUT2D eigenvalue weighted by molar-refractivity contribution is 0.261. The molecular formula is C20H53NO8S. The van der Waals surface area contributed by atoms with Crippen LogP contribution in [0.15, 0.2) is 0 Å². The highest BCUT2D eigenvalue weighted by molar-refractivity contribution is 7.80. The second-order valence-electron chi connectivity index (χ2n) is 5.70. The molecule has 0 aromatic carbocycles. The van der Waals surface area contributed by atoms with Gasteiger partial charge in [-0.05, 0) is 34.1 Å². The summed E-state index contributed by atoms with van der Waals surface area (Å²) in [5.41, 5.74) is 0. The van der Waals surface area contributed by atoms with Gasteiger partial charge in [0.15, 0.2) is 0 Å². The lowest BCUT2D eigenvalue weighted by Crippen LogP contribution is -2.04. The van der Waals surface area contributed by atoms with Gasteiger partial charge in [0.25, 0.3) is 0 Å². The molecule has 0 fully saturated rings. The zero-order valence-electron chi connectivity index (χ0n) is 20.2. The van der Waals surface area contributed by atoms with E-state index in [1.54, 1.807) is 27.7 Å². The highest BCUT2D eigenvalue weighted by atomic mass is 32.3. The molecule has 0 saturated carbocycles. The molecule has 0 rings (SSSR count). The quantitative estimate of drug-likeness (QED) is 0.183. The summed E-state index contributed by atoms with van der Waals surface area (Å²) in [6.07, 6.45) is 11.9. The number of hydrogen-bond acceptors (Lipinski definition) is 8. The van der Waals surface area contributed by atoms with Gasteiger partial charge in [0.05, 0.1) is 6.61 Å². The van der Waals surface area contributed by atoms with E-state index < -0.39 is 10.4 Å². The highest BCUT2D eigenvalue weighted by Gasteiger charge is 2.02. The van der Waals surface area contributed by atoms with Gasteiger partial charge in [-0.3, -0.25) is 4.55 Å². The number of rotatable bonds is 12. The molecule has 0 aliphatic rings. The lowest BCUT2D eigenvalue weighted by atomic mass is 10.1. The first kappa shape index (κ1) is 43.5. The fourth-order valence-electron chi connectivity index (χ4n) is 1.75. The Labute approximate surface area is 186 Å². The maximum atomic E-state index is 10.2. The molecule has 0 aromatic rings. The summed E-state index contributed by atoms with van der Waals surface area (Å²) in [6, 6.07) is 0. The minimum absolute atomic E-state index is 0. The van der Waals surface area contributed by atoms with Gasteiger partial charge in [-0.25, -0.2) is 4.18 Å². The third kappa shape index (κ3) is 105. The highest BCUT2D eigenvalue weighted by Crippen LogP contribution is 2.10. The molecule has 0 aromatic heterocycles. The third-order valence-corrected chi connectivity index (χ3v) is 3.19. The van der Waals surface area contributed by atoms with Crippen molar-refractivity contribution < 1.29 is 37.6 Å². The summed E-state index contributed by atoms with van der Waals surface area (Å²) in [7, 11) is -4.23. The summed E-state index contributed by atoms with van der Waals surface area (Å²) < 4.78 is 33.0. The summed E-state index contributed by atoms with van der Waals surface area (Å²) >= 11 is 0. The predicted molar refractivity (Wildman–Crippen MR) is 125 cm³/mol. The van der Waals surface area contributed by atoms with E-state index >= 15 is 0 Å². The molecule has 0 spiro atoms. The minimum atomic E-state index is -4.23. The van der Waals surface area contributed by atoms with Crippen LogP contribution in [0, 0.1) is 0 Å². The Morgan fingerprint density at radius 2 is 0.800 bits per heavy atom. The Kier molecular flexibility index (Phi) is 67.8. The summed E-state index contributed by atoms with van der Waals surface area (Å²) in [6.45, 7) is 10.0. The van der Waals surface area contributed by atoms with Crippen molar-refractivity contribution in [3.63, 3.8) is 0 Å². The van der Waals surface area contributed by atoms with Gasteiger partial charge in [-0.2, -0.15) is 8.42 Å². The SMILES string of the molecule is CCCCCCCCCCCCOS(=O)(=O)O.CCO.CCO.CCO.CCO.N. The molecule has 10 heteroatoms. The molecule has 0 amide bonds. The number of unbranched alkanes of at least 4 members (excludes halogenated alkanes) is 9. The zero-order chi connectivity index (χ0) is 23.8. The van der Waals surface area contributed by atoms with Crippen molar-refractivity contribution in [2.75, 3.05) is 33.0 Å². The Bertz CT molecular complexity index is 310. The van der Waals surface area contributed by atoms with Gasteiger partial charge in [0, 0.05) is 26.4 Å². The summed E-state index contributed by atoms with van der Waals surface area (Å²) in [5, 5.41) is 30.3. The van der Waals surface area contributed by atoms with Gasteiger partial charge in [0.2, 0.25) is 0 Å². The van der Waals surface area contributed by atoms with Gasteiger partial charge >= 0.3 is 10.4 Å². The summed E-state index contributed by atoms with van der Waals surface area (Å²) in [4.78, 5) is 0. The van der Waals surface area contributed by atoms with Crippen molar-refractivity contribution in [1.82, 2.24) is 6.15 Å². The van der Waals surface area contributed by atoms with Gasteiger partial charge in [-0.1, -0.05) is 64.7 Å². The monoisotopic (exact) mass is 467 g/mol. The standard InChI is InChI=1S/C12H26O4S.4C2H6O.H3N/c1-2-3-4-5-6-7-8-9-10-11-12-16-17(13,14)15;4*1-2-3;/h2-12H2,1H3,(H,13,14,15);4*3H,2H2,1H3;1H3. The molecule has 0 atom stereocenters. The van der Waals surface area contributed by atoms with Crippen LogP contribution in [0.1, 0.15) is 98.8 Å². The first-order valence-electron chi connectivity index (χ1n) is 10.8. The van der Waals surface area contributed by atoms with Crippen molar-refractivity contribution in [3.05, 3.63) is 0 Å². The first-order valence-corrected chi connectivity index (χ1v) is 12.1. The molecule has 0 unspecified atom stereocenters. The second-order valence-corrected chi connectivity index (χ2v) is 6.79. The number of hydrogen-bond donors (Lipinski definition) is 6. The van der Waals surface area contributed by atoms with E-state index in [1.165, 1.54) is 44.9 Å². The van der Waals surface area contributed by atoms with Crippen LogP contribution in [0.2, 0.25) is 0 Å². The zero-order valence-corrected chi connectivity index (χ0v) is 21.0. The minimum Gasteiger partial charge on any atom is -0.397 e. The van der Waals surface area contributed by atoms with Crippen LogP contribution in [-0.2, 0) is 14.6 Å². The van der Waals surface area contributed by atoms with Crippen LogP contribution < -0.4 is 6.15 Å². The predicted octanol–water partition coefficient (Wildman–Crippen LogP) is 3.88. The van der Waals surface area contributed by atoms with Crippen LogP contribution in [0.5, 0.6) is 0 Å². The average molecular weight is 468 g/mol. The molecule has 0 heterocycles. The van der Waals surface area contributed by atoms with E-state index in [2.05, 4.69) is 11.1 Å². The van der Waals surface area contributed by atoms with Crippen LogP contribution in [0.3, 0.4) is 0 Å². The molecule has 0 aliphatic heterocycles. The second kappa shape index (κ2) is 46.7. The van der Waals surface area contributed by atoms with Crippen LogP contribution in [0.25, 0.3) is 0 Å². The molecule has 8 N–H and O–H groups in total. The van der Waals surface area contributed by atoms with E-state index in [0.29, 0.717) is 6.42 Å². The van der Waals surface area contributed by atoms with Crippen LogP contribution in [-0.4, -0.2) is 66.4 Å². The smallest absolute Gasteiger partial charge is 0.397 e. The van der Waals surface area contributed by atoms with Crippen molar-refractivity contribution >= 4 is 10.4 Å². The van der Waals surface area contributed by atoms with Crippen molar-refractivity contribution in [1.29, 1.82) is 0 Å². The Morgan fingerprint density at radius 3 is 1.03 bits per heavy atom. The maximum Gasteiger partial charge on any atom is 0.397 e. The molecule has 0 aliphatic carbocycles. The largest absolute Gasteiger partial charge is 0.397 e. The van der Waals surface area contributed by atoms with Crippen molar-refractivity contribution in [2.45, 2.75) is 98.8 Å². The Morgan fingerprint density at radius 1 is 0.567 bits per heavy atom. The summed E-state index contributed by atoms with van der Waals surface area (Å²) in [5.74, 6) is 0. The van der Waals surface area contributed by atoms with Gasteiger partial charge in [0.1, 0.15) is 0 Å².